The van der Waals surface area contributed by atoms with Crippen molar-refractivity contribution >= 4 is 5.69 Å². The number of rotatable bonds is 6. The molecular weight excluding hydrogens is 220 g/mol. The average Bonchev–Trinajstić information content (AvgIpc) is 2.77. The summed E-state index contributed by atoms with van der Waals surface area (Å²) in [5, 5.41) is 0. The van der Waals surface area contributed by atoms with Crippen LogP contribution < -0.4 is 5.73 Å². The average molecular weight is 246 g/mol. The molecule has 2 nitrogen and oxygen atoms in total. The number of anilines is 1. The van der Waals surface area contributed by atoms with Crippen molar-refractivity contribution in [2.45, 2.75) is 65.1 Å². The molecule has 100 valence electrons. The molecule has 1 aliphatic rings. The van der Waals surface area contributed by atoms with E-state index < -0.39 is 0 Å². The molecule has 0 saturated heterocycles. The summed E-state index contributed by atoms with van der Waals surface area (Å²) < 4.78 is 0. The highest BCUT2D eigenvalue weighted by molar-refractivity contribution is 5.46. The molecule has 0 spiro atoms. The van der Waals surface area contributed by atoms with Crippen LogP contribution in [-0.2, 0) is 13.1 Å². The summed E-state index contributed by atoms with van der Waals surface area (Å²) in [6, 6.07) is 7.04. The molecule has 0 fully saturated rings. The fraction of sp³-hybridized carbons (Fsp3) is 0.625. The fourth-order valence-corrected chi connectivity index (χ4v) is 2.80. The molecule has 1 atom stereocenters. The maximum atomic E-state index is 5.85. The second kappa shape index (κ2) is 6.24. The lowest BCUT2D eigenvalue weighted by atomic mass is 10.1. The maximum absolute atomic E-state index is 5.85. The second-order valence-corrected chi connectivity index (χ2v) is 5.63. The van der Waals surface area contributed by atoms with Crippen LogP contribution >= 0.6 is 0 Å². The van der Waals surface area contributed by atoms with E-state index in [1.165, 1.54) is 43.2 Å². The summed E-state index contributed by atoms with van der Waals surface area (Å²) >= 11 is 0. The molecule has 1 aromatic carbocycles. The summed E-state index contributed by atoms with van der Waals surface area (Å²) in [4.78, 5) is 2.58. The lowest BCUT2D eigenvalue weighted by molar-refractivity contribution is 0.199. The van der Waals surface area contributed by atoms with Crippen molar-refractivity contribution in [3.8, 4) is 0 Å². The van der Waals surface area contributed by atoms with Crippen LogP contribution in [0.5, 0.6) is 0 Å². The SMILES string of the molecule is CCCCCCC(C)N1Cc2ccc(N)cc2C1. The fourth-order valence-electron chi connectivity index (χ4n) is 2.80. The smallest absolute Gasteiger partial charge is 0.0317 e. The van der Waals surface area contributed by atoms with E-state index in [0.717, 1.165) is 18.8 Å². The third kappa shape index (κ3) is 3.26. The van der Waals surface area contributed by atoms with E-state index in [0.29, 0.717) is 6.04 Å². The van der Waals surface area contributed by atoms with Crippen LogP contribution in [0.3, 0.4) is 0 Å². The predicted octanol–water partition coefficient (Wildman–Crippen LogP) is 3.94. The second-order valence-electron chi connectivity index (χ2n) is 5.63. The molecule has 2 N–H and O–H groups in total. The summed E-state index contributed by atoms with van der Waals surface area (Å²) in [6.07, 6.45) is 6.77. The van der Waals surface area contributed by atoms with E-state index >= 15 is 0 Å². The van der Waals surface area contributed by atoms with Gasteiger partial charge in [0.1, 0.15) is 0 Å². The van der Waals surface area contributed by atoms with Gasteiger partial charge in [-0.05, 0) is 36.6 Å². The van der Waals surface area contributed by atoms with E-state index in [-0.39, 0.29) is 0 Å². The van der Waals surface area contributed by atoms with E-state index in [4.69, 9.17) is 5.73 Å². The van der Waals surface area contributed by atoms with E-state index in [9.17, 15) is 0 Å². The molecule has 0 aromatic heterocycles. The van der Waals surface area contributed by atoms with Gasteiger partial charge in [-0.2, -0.15) is 0 Å². The molecule has 0 bridgehead atoms. The van der Waals surface area contributed by atoms with Gasteiger partial charge in [-0.1, -0.05) is 38.7 Å². The van der Waals surface area contributed by atoms with Crippen molar-refractivity contribution in [1.29, 1.82) is 0 Å². The van der Waals surface area contributed by atoms with Gasteiger partial charge < -0.3 is 5.73 Å². The number of nitrogens with zero attached hydrogens (tertiary/aromatic N) is 1. The van der Waals surface area contributed by atoms with Crippen LogP contribution in [-0.4, -0.2) is 10.9 Å². The Labute approximate surface area is 111 Å². The molecule has 0 aliphatic carbocycles. The first-order valence-electron chi connectivity index (χ1n) is 7.32. The van der Waals surface area contributed by atoms with Crippen LogP contribution in [0.15, 0.2) is 18.2 Å². The van der Waals surface area contributed by atoms with Crippen molar-refractivity contribution in [3.05, 3.63) is 29.3 Å². The minimum atomic E-state index is 0.690. The third-order valence-electron chi connectivity index (χ3n) is 4.08. The van der Waals surface area contributed by atoms with Crippen LogP contribution in [0.1, 0.15) is 57.1 Å². The number of nitrogen functional groups attached to an aromatic ring is 1. The van der Waals surface area contributed by atoms with Crippen molar-refractivity contribution < 1.29 is 0 Å². The first kappa shape index (κ1) is 13.4. The third-order valence-corrected chi connectivity index (χ3v) is 4.08. The lowest BCUT2D eigenvalue weighted by Gasteiger charge is -2.23. The molecule has 1 aliphatic heterocycles. The topological polar surface area (TPSA) is 29.3 Å². The molecular formula is C16H26N2. The number of fused-ring (bicyclic) bond motifs is 1. The zero-order valence-electron chi connectivity index (χ0n) is 11.8. The van der Waals surface area contributed by atoms with Gasteiger partial charge in [-0.15, -0.1) is 0 Å². The first-order chi connectivity index (χ1) is 8.70. The van der Waals surface area contributed by atoms with Crippen molar-refractivity contribution in [2.24, 2.45) is 0 Å². The van der Waals surface area contributed by atoms with Gasteiger partial charge in [-0.25, -0.2) is 0 Å². The summed E-state index contributed by atoms with van der Waals surface area (Å²) in [5.41, 5.74) is 9.63. The van der Waals surface area contributed by atoms with Gasteiger partial charge in [0.05, 0.1) is 0 Å². The van der Waals surface area contributed by atoms with Gasteiger partial charge >= 0.3 is 0 Å². The largest absolute Gasteiger partial charge is 0.399 e. The Morgan fingerprint density at radius 2 is 1.94 bits per heavy atom. The Kier molecular flexibility index (Phi) is 4.65. The molecule has 1 heterocycles. The van der Waals surface area contributed by atoms with Crippen LogP contribution in [0.2, 0.25) is 0 Å². The Morgan fingerprint density at radius 3 is 2.72 bits per heavy atom. The highest BCUT2D eigenvalue weighted by Crippen LogP contribution is 2.27. The molecule has 0 amide bonds. The van der Waals surface area contributed by atoms with Crippen molar-refractivity contribution in [1.82, 2.24) is 4.90 Å². The van der Waals surface area contributed by atoms with Crippen molar-refractivity contribution in [2.75, 3.05) is 5.73 Å². The number of hydrogen-bond donors (Lipinski definition) is 1. The predicted molar refractivity (Wildman–Crippen MR) is 78.3 cm³/mol. The highest BCUT2D eigenvalue weighted by Gasteiger charge is 2.22. The zero-order chi connectivity index (χ0) is 13.0. The van der Waals surface area contributed by atoms with E-state index in [1.54, 1.807) is 0 Å². The number of nitrogens with two attached hydrogens (primary N) is 1. The monoisotopic (exact) mass is 246 g/mol. The standard InChI is InChI=1S/C16H26N2/c1-3-4-5-6-7-13(2)18-11-14-8-9-16(17)10-15(14)12-18/h8-10,13H,3-7,11-12,17H2,1-2H3. The first-order valence-corrected chi connectivity index (χ1v) is 7.32. The maximum Gasteiger partial charge on any atom is 0.0317 e. The molecule has 0 radical (unpaired) electrons. The summed E-state index contributed by atoms with van der Waals surface area (Å²) in [5.74, 6) is 0. The molecule has 1 unspecified atom stereocenters. The van der Waals surface area contributed by atoms with E-state index in [2.05, 4.69) is 30.9 Å². The van der Waals surface area contributed by atoms with Gasteiger partial charge in [0.2, 0.25) is 0 Å². The van der Waals surface area contributed by atoms with Crippen LogP contribution in [0, 0.1) is 0 Å². The minimum Gasteiger partial charge on any atom is -0.399 e. The lowest BCUT2D eigenvalue weighted by Crippen LogP contribution is -2.27. The quantitative estimate of drug-likeness (QED) is 0.608. The molecule has 0 saturated carbocycles. The molecule has 18 heavy (non-hydrogen) atoms. The van der Waals surface area contributed by atoms with Crippen molar-refractivity contribution in [3.63, 3.8) is 0 Å². The van der Waals surface area contributed by atoms with Crippen LogP contribution in [0.25, 0.3) is 0 Å². The van der Waals surface area contributed by atoms with Crippen LogP contribution in [0.4, 0.5) is 5.69 Å². The minimum absolute atomic E-state index is 0.690. The normalized spacial score (nSPS) is 16.8. The summed E-state index contributed by atoms with van der Waals surface area (Å²) in [7, 11) is 0. The van der Waals surface area contributed by atoms with Gasteiger partial charge in [0, 0.05) is 24.8 Å². The van der Waals surface area contributed by atoms with Gasteiger partial charge in [0.25, 0.3) is 0 Å². The number of unbranched alkanes of at least 4 members (excludes halogenated alkanes) is 3. The number of benzene rings is 1. The number of hydrogen-bond acceptors (Lipinski definition) is 2. The Morgan fingerprint density at radius 1 is 1.17 bits per heavy atom. The zero-order valence-corrected chi connectivity index (χ0v) is 11.8. The summed E-state index contributed by atoms with van der Waals surface area (Å²) in [6.45, 7) is 6.81. The molecule has 2 rings (SSSR count). The molecule has 1 aromatic rings. The highest BCUT2D eigenvalue weighted by atomic mass is 15.2. The van der Waals surface area contributed by atoms with Gasteiger partial charge in [-0.3, -0.25) is 4.90 Å². The molecule has 2 heteroatoms. The Hall–Kier alpha value is -1.02. The van der Waals surface area contributed by atoms with Gasteiger partial charge in [0.15, 0.2) is 0 Å². The Bertz CT molecular complexity index is 387. The Balaban J connectivity index is 1.82. The van der Waals surface area contributed by atoms with E-state index in [1.807, 2.05) is 6.07 Å².